The molecule has 0 saturated carbocycles. The molecule has 27 heavy (non-hydrogen) atoms. The molecule has 7 heteroatoms. The lowest BCUT2D eigenvalue weighted by Crippen LogP contribution is -2.31. The molecule has 2 amide bonds. The third kappa shape index (κ3) is 4.74. The molecule has 0 bridgehead atoms. The van der Waals surface area contributed by atoms with Crippen LogP contribution in [0.4, 0.5) is 10.1 Å². The molecular formula is C20H16FN3O2S. The smallest absolute Gasteiger partial charge is 0.234 e. The van der Waals surface area contributed by atoms with Gasteiger partial charge in [0, 0.05) is 18.0 Å². The molecule has 0 saturated heterocycles. The van der Waals surface area contributed by atoms with Crippen molar-refractivity contribution in [2.45, 2.75) is 12.3 Å². The molecular weight excluding hydrogens is 365 g/mol. The average Bonchev–Trinajstić information content (AvgIpc) is 2.67. The van der Waals surface area contributed by atoms with Gasteiger partial charge < -0.3 is 10.6 Å². The van der Waals surface area contributed by atoms with E-state index in [-0.39, 0.29) is 29.8 Å². The second kappa shape index (κ2) is 8.52. The highest BCUT2D eigenvalue weighted by atomic mass is 32.2. The van der Waals surface area contributed by atoms with Crippen molar-refractivity contribution in [1.82, 2.24) is 5.32 Å². The second-order valence-corrected chi connectivity index (χ2v) is 6.90. The van der Waals surface area contributed by atoms with E-state index >= 15 is 0 Å². The first-order chi connectivity index (χ1) is 13.1. The predicted octanol–water partition coefficient (Wildman–Crippen LogP) is 3.54. The summed E-state index contributed by atoms with van der Waals surface area (Å²) in [5.74, 6) is -1.27. The van der Waals surface area contributed by atoms with Crippen LogP contribution in [0.15, 0.2) is 65.2 Å². The van der Waals surface area contributed by atoms with Crippen LogP contribution in [0.25, 0.3) is 0 Å². The minimum Gasteiger partial charge on any atom is -0.325 e. The molecule has 5 nitrogen and oxygen atoms in total. The summed E-state index contributed by atoms with van der Waals surface area (Å²) in [5, 5.41) is 15.4. The molecule has 1 heterocycles. The van der Waals surface area contributed by atoms with Gasteiger partial charge in [-0.05, 0) is 29.8 Å². The van der Waals surface area contributed by atoms with Gasteiger partial charge in [-0.25, -0.2) is 4.39 Å². The number of rotatable bonds is 5. The number of nitriles is 1. The van der Waals surface area contributed by atoms with Crippen LogP contribution in [0.2, 0.25) is 0 Å². The minimum absolute atomic E-state index is 0.0474. The molecule has 136 valence electrons. The van der Waals surface area contributed by atoms with E-state index in [1.807, 2.05) is 18.2 Å². The number of thioether (sulfide) groups is 1. The number of benzene rings is 2. The van der Waals surface area contributed by atoms with Gasteiger partial charge in [-0.15, -0.1) is 0 Å². The standard InChI is InChI=1S/C20H16FN3O2S/c21-14-8-6-13(7-9-14)16-10-18(25)24-20(17(16)11-22)27-12-19(26)23-15-4-2-1-3-5-15/h1-9,16H,10,12H2,(H,23,26)(H,24,25). The summed E-state index contributed by atoms with van der Waals surface area (Å²) in [6.45, 7) is 0. The SMILES string of the molecule is N#CC1=C(SCC(=O)Nc2ccccc2)NC(=O)CC1c1ccc(F)cc1. The number of nitrogens with zero attached hydrogens (tertiary/aromatic N) is 1. The van der Waals surface area contributed by atoms with Crippen molar-refractivity contribution in [3.8, 4) is 6.07 Å². The largest absolute Gasteiger partial charge is 0.325 e. The lowest BCUT2D eigenvalue weighted by atomic mass is 9.87. The Morgan fingerprint density at radius 1 is 1.22 bits per heavy atom. The second-order valence-electron chi connectivity index (χ2n) is 5.91. The molecule has 1 aliphatic heterocycles. The quantitative estimate of drug-likeness (QED) is 0.830. The number of amides is 2. The van der Waals surface area contributed by atoms with Gasteiger partial charge in [-0.2, -0.15) is 5.26 Å². The van der Waals surface area contributed by atoms with Crippen LogP contribution in [-0.2, 0) is 9.59 Å². The van der Waals surface area contributed by atoms with E-state index in [0.717, 1.165) is 11.8 Å². The highest BCUT2D eigenvalue weighted by Crippen LogP contribution is 2.35. The monoisotopic (exact) mass is 381 g/mol. The maximum absolute atomic E-state index is 13.2. The van der Waals surface area contributed by atoms with Gasteiger partial charge in [-0.1, -0.05) is 42.1 Å². The number of nitrogens with one attached hydrogen (secondary N) is 2. The Bertz CT molecular complexity index is 920. The van der Waals surface area contributed by atoms with Crippen LogP contribution in [0.3, 0.4) is 0 Å². The lowest BCUT2D eigenvalue weighted by Gasteiger charge is -2.25. The zero-order valence-electron chi connectivity index (χ0n) is 14.2. The molecule has 2 aromatic carbocycles. The van der Waals surface area contributed by atoms with Crippen LogP contribution >= 0.6 is 11.8 Å². The molecule has 1 atom stereocenters. The first kappa shape index (κ1) is 18.7. The fourth-order valence-corrected chi connectivity index (χ4v) is 3.65. The summed E-state index contributed by atoms with van der Waals surface area (Å²) < 4.78 is 13.2. The molecule has 0 aliphatic carbocycles. The Hall–Kier alpha value is -3.11. The van der Waals surface area contributed by atoms with Gasteiger partial charge >= 0.3 is 0 Å². The average molecular weight is 381 g/mol. The van der Waals surface area contributed by atoms with Crippen molar-refractivity contribution in [2.24, 2.45) is 0 Å². The highest BCUT2D eigenvalue weighted by Gasteiger charge is 2.29. The van der Waals surface area contributed by atoms with Crippen molar-refractivity contribution in [3.63, 3.8) is 0 Å². The maximum Gasteiger partial charge on any atom is 0.234 e. The minimum atomic E-state index is -0.455. The Morgan fingerprint density at radius 3 is 2.59 bits per heavy atom. The molecule has 1 aliphatic rings. The van der Waals surface area contributed by atoms with Crippen LogP contribution in [0.5, 0.6) is 0 Å². The van der Waals surface area contributed by atoms with Crippen molar-refractivity contribution >= 4 is 29.3 Å². The van der Waals surface area contributed by atoms with E-state index in [0.29, 0.717) is 21.9 Å². The Morgan fingerprint density at radius 2 is 1.93 bits per heavy atom. The zero-order valence-corrected chi connectivity index (χ0v) is 15.1. The molecule has 2 aromatic rings. The summed E-state index contributed by atoms with van der Waals surface area (Å²) in [7, 11) is 0. The number of halogens is 1. The summed E-state index contributed by atoms with van der Waals surface area (Å²) in [6, 6.07) is 16.9. The maximum atomic E-state index is 13.2. The molecule has 2 N–H and O–H groups in total. The van der Waals surface area contributed by atoms with Gasteiger partial charge in [0.2, 0.25) is 11.8 Å². The first-order valence-electron chi connectivity index (χ1n) is 8.24. The number of anilines is 1. The first-order valence-corrected chi connectivity index (χ1v) is 9.22. The Labute approximate surface area is 160 Å². The van der Waals surface area contributed by atoms with E-state index in [4.69, 9.17) is 0 Å². The summed E-state index contributed by atoms with van der Waals surface area (Å²) >= 11 is 1.10. The normalized spacial score (nSPS) is 16.4. The number of allylic oxidation sites excluding steroid dienone is 1. The molecule has 0 radical (unpaired) electrons. The number of hydrogen-bond donors (Lipinski definition) is 2. The third-order valence-corrected chi connectivity index (χ3v) is 5.05. The summed E-state index contributed by atoms with van der Waals surface area (Å²) in [4.78, 5) is 24.2. The Balaban J connectivity index is 1.75. The van der Waals surface area contributed by atoms with E-state index in [9.17, 15) is 19.2 Å². The predicted molar refractivity (Wildman–Crippen MR) is 102 cm³/mol. The van der Waals surface area contributed by atoms with E-state index in [1.165, 1.54) is 12.1 Å². The fraction of sp³-hybridized carbons (Fsp3) is 0.150. The Kier molecular flexibility index (Phi) is 5.89. The van der Waals surface area contributed by atoms with Crippen LogP contribution in [0.1, 0.15) is 17.9 Å². The zero-order chi connectivity index (χ0) is 19.2. The van der Waals surface area contributed by atoms with Gasteiger partial charge in [0.25, 0.3) is 0 Å². The number of carbonyl (C=O) groups is 2. The molecule has 1 unspecified atom stereocenters. The van der Waals surface area contributed by atoms with E-state index in [1.54, 1.807) is 24.3 Å². The number of para-hydroxylation sites is 1. The van der Waals surface area contributed by atoms with Crippen molar-refractivity contribution < 1.29 is 14.0 Å². The molecule has 3 rings (SSSR count). The van der Waals surface area contributed by atoms with Gasteiger partial charge in [0.1, 0.15) is 5.82 Å². The molecule has 0 aromatic heterocycles. The molecule has 0 fully saturated rings. The van der Waals surface area contributed by atoms with E-state index < -0.39 is 5.92 Å². The van der Waals surface area contributed by atoms with Crippen LogP contribution < -0.4 is 10.6 Å². The van der Waals surface area contributed by atoms with Crippen molar-refractivity contribution in [2.75, 3.05) is 11.1 Å². The lowest BCUT2D eigenvalue weighted by molar-refractivity contribution is -0.121. The summed E-state index contributed by atoms with van der Waals surface area (Å²) in [5.41, 5.74) is 1.74. The van der Waals surface area contributed by atoms with E-state index in [2.05, 4.69) is 16.7 Å². The van der Waals surface area contributed by atoms with Gasteiger partial charge in [0.15, 0.2) is 0 Å². The van der Waals surface area contributed by atoms with Crippen LogP contribution in [-0.4, -0.2) is 17.6 Å². The van der Waals surface area contributed by atoms with Crippen molar-refractivity contribution in [1.29, 1.82) is 5.26 Å². The van der Waals surface area contributed by atoms with Crippen molar-refractivity contribution in [3.05, 3.63) is 76.6 Å². The highest BCUT2D eigenvalue weighted by molar-refractivity contribution is 8.03. The topological polar surface area (TPSA) is 82.0 Å². The fourth-order valence-electron chi connectivity index (χ4n) is 2.77. The van der Waals surface area contributed by atoms with Crippen LogP contribution in [0, 0.1) is 17.1 Å². The number of carbonyl (C=O) groups excluding carboxylic acids is 2. The number of hydrogen-bond acceptors (Lipinski definition) is 4. The van der Waals surface area contributed by atoms with Gasteiger partial charge in [0.05, 0.1) is 22.4 Å². The molecule has 0 spiro atoms. The summed E-state index contributed by atoms with van der Waals surface area (Å²) in [6.07, 6.45) is 0.106. The van der Waals surface area contributed by atoms with Gasteiger partial charge in [-0.3, -0.25) is 9.59 Å². The third-order valence-electron chi connectivity index (χ3n) is 4.03.